The van der Waals surface area contributed by atoms with Gasteiger partial charge in [-0.1, -0.05) is 0 Å². The molecule has 0 aliphatic rings. The van der Waals surface area contributed by atoms with Gasteiger partial charge in [0.2, 0.25) is 15.9 Å². The smallest absolute Gasteiger partial charge is 0.249 e. The predicted molar refractivity (Wildman–Crippen MR) is 69.8 cm³/mol. The average Bonchev–Trinajstić information content (AvgIpc) is 2.39. The fraction of sp³-hybridized carbons (Fsp3) is 0.364. The number of carbonyl (C=O) groups is 1. The van der Waals surface area contributed by atoms with E-state index in [-0.39, 0.29) is 11.4 Å². The van der Waals surface area contributed by atoms with Crippen molar-refractivity contribution in [3.8, 4) is 5.75 Å². The minimum absolute atomic E-state index is 0.0864. The van der Waals surface area contributed by atoms with Crippen LogP contribution >= 0.6 is 0 Å². The first-order valence-electron chi connectivity index (χ1n) is 5.60. The quantitative estimate of drug-likeness (QED) is 0.425. The van der Waals surface area contributed by atoms with E-state index in [1.807, 2.05) is 12.3 Å². The highest BCUT2D eigenvalue weighted by atomic mass is 32.2. The van der Waals surface area contributed by atoms with Gasteiger partial charge in [-0.05, 0) is 31.2 Å². The molecular formula is C11H17N3O4S. The molecule has 1 aromatic rings. The molecule has 0 aromatic heterocycles. The molecule has 0 aliphatic heterocycles. The molecule has 0 saturated heterocycles. The van der Waals surface area contributed by atoms with E-state index >= 15 is 0 Å². The number of rotatable bonds is 6. The Morgan fingerprint density at radius 2 is 1.95 bits per heavy atom. The highest BCUT2D eigenvalue weighted by Crippen LogP contribution is 2.18. The molecule has 0 spiro atoms. The van der Waals surface area contributed by atoms with E-state index in [4.69, 9.17) is 10.6 Å². The van der Waals surface area contributed by atoms with Gasteiger partial charge in [-0.15, -0.1) is 0 Å². The number of carbonyl (C=O) groups excluding carboxylic acids is 1. The van der Waals surface area contributed by atoms with E-state index in [1.165, 1.54) is 19.2 Å². The minimum Gasteiger partial charge on any atom is -0.494 e. The molecule has 1 amide bonds. The average molecular weight is 287 g/mol. The highest BCUT2D eigenvalue weighted by molar-refractivity contribution is 7.89. The summed E-state index contributed by atoms with van der Waals surface area (Å²) in [4.78, 5) is 11.2. The lowest BCUT2D eigenvalue weighted by Gasteiger charge is -2.16. The molecule has 0 heterocycles. The lowest BCUT2D eigenvalue weighted by molar-refractivity contribution is -0.121. The number of nitrogens with one attached hydrogen (secondary N) is 1. The molecule has 19 heavy (non-hydrogen) atoms. The van der Waals surface area contributed by atoms with Gasteiger partial charge in [0.15, 0.2) is 0 Å². The Hall–Kier alpha value is -1.64. The Balaban J connectivity index is 2.90. The van der Waals surface area contributed by atoms with E-state index in [1.54, 1.807) is 12.1 Å². The second-order valence-corrected chi connectivity index (χ2v) is 5.78. The summed E-state index contributed by atoms with van der Waals surface area (Å²) < 4.78 is 30.4. The van der Waals surface area contributed by atoms with E-state index in [0.717, 1.165) is 4.31 Å². The van der Waals surface area contributed by atoms with Crippen LogP contribution in [-0.2, 0) is 14.8 Å². The van der Waals surface area contributed by atoms with Crippen LogP contribution in [0.5, 0.6) is 5.75 Å². The molecule has 0 bridgehead atoms. The Morgan fingerprint density at radius 1 is 1.37 bits per heavy atom. The van der Waals surface area contributed by atoms with E-state index in [2.05, 4.69) is 0 Å². The summed E-state index contributed by atoms with van der Waals surface area (Å²) in [5.41, 5.74) is 1.88. The van der Waals surface area contributed by atoms with Crippen LogP contribution in [0.15, 0.2) is 29.2 Å². The zero-order valence-corrected chi connectivity index (χ0v) is 11.6. The van der Waals surface area contributed by atoms with Crippen molar-refractivity contribution in [1.82, 2.24) is 9.73 Å². The maximum atomic E-state index is 12.1. The summed E-state index contributed by atoms with van der Waals surface area (Å²) in [7, 11) is -2.41. The Labute approximate surface area is 112 Å². The monoisotopic (exact) mass is 287 g/mol. The van der Waals surface area contributed by atoms with Crippen molar-refractivity contribution in [2.24, 2.45) is 5.84 Å². The number of ether oxygens (including phenoxy) is 1. The van der Waals surface area contributed by atoms with E-state index in [9.17, 15) is 13.2 Å². The fourth-order valence-corrected chi connectivity index (χ4v) is 2.51. The third-order valence-corrected chi connectivity index (χ3v) is 4.19. The second-order valence-electron chi connectivity index (χ2n) is 3.73. The highest BCUT2D eigenvalue weighted by Gasteiger charge is 2.22. The molecule has 0 aliphatic carbocycles. The normalized spacial score (nSPS) is 11.4. The number of hydrogen-bond acceptors (Lipinski definition) is 5. The summed E-state index contributed by atoms with van der Waals surface area (Å²) >= 11 is 0. The van der Waals surface area contributed by atoms with Gasteiger partial charge in [0.05, 0.1) is 18.0 Å². The summed E-state index contributed by atoms with van der Waals surface area (Å²) in [6, 6.07) is 5.98. The van der Waals surface area contributed by atoms with Gasteiger partial charge in [-0.2, -0.15) is 4.31 Å². The van der Waals surface area contributed by atoms with Crippen molar-refractivity contribution in [3.05, 3.63) is 24.3 Å². The Bertz CT molecular complexity index is 527. The number of sulfonamides is 1. The van der Waals surface area contributed by atoms with Crippen molar-refractivity contribution in [1.29, 1.82) is 0 Å². The van der Waals surface area contributed by atoms with E-state index in [0.29, 0.717) is 12.4 Å². The van der Waals surface area contributed by atoms with Crippen LogP contribution in [0.3, 0.4) is 0 Å². The van der Waals surface area contributed by atoms with Crippen LogP contribution in [0.1, 0.15) is 6.92 Å². The lowest BCUT2D eigenvalue weighted by Crippen LogP contribution is -2.41. The van der Waals surface area contributed by atoms with Gasteiger partial charge in [0, 0.05) is 7.05 Å². The van der Waals surface area contributed by atoms with Crippen LogP contribution in [0.4, 0.5) is 0 Å². The minimum atomic E-state index is -3.71. The van der Waals surface area contributed by atoms with Gasteiger partial charge in [-0.3, -0.25) is 10.2 Å². The number of amides is 1. The maximum absolute atomic E-state index is 12.1. The van der Waals surface area contributed by atoms with Crippen molar-refractivity contribution in [3.63, 3.8) is 0 Å². The van der Waals surface area contributed by atoms with Gasteiger partial charge >= 0.3 is 0 Å². The SMILES string of the molecule is CCOc1ccc(S(=O)(=O)N(C)CC(=O)NN)cc1. The standard InChI is InChI=1S/C11H17N3O4S/c1-3-18-9-4-6-10(7-5-9)19(16,17)14(2)8-11(15)13-12/h4-7H,3,8,12H2,1-2H3,(H,13,15). The van der Waals surface area contributed by atoms with Gasteiger partial charge < -0.3 is 4.74 Å². The number of nitrogens with two attached hydrogens (primary N) is 1. The summed E-state index contributed by atoms with van der Waals surface area (Å²) in [5, 5.41) is 0. The Kier molecular flexibility index (Phi) is 5.28. The van der Waals surface area contributed by atoms with Gasteiger partial charge in [0.25, 0.3) is 0 Å². The summed E-state index contributed by atoms with van der Waals surface area (Å²) in [6.07, 6.45) is 0. The summed E-state index contributed by atoms with van der Waals surface area (Å²) in [6.45, 7) is 2.00. The predicted octanol–water partition coefficient (Wildman–Crippen LogP) is -0.304. The Morgan fingerprint density at radius 3 is 2.42 bits per heavy atom. The van der Waals surface area contributed by atoms with Crippen LogP contribution in [0, 0.1) is 0 Å². The second kappa shape index (κ2) is 6.50. The molecule has 1 rings (SSSR count). The van der Waals surface area contributed by atoms with Crippen molar-refractivity contribution >= 4 is 15.9 Å². The molecule has 3 N–H and O–H groups in total. The molecule has 7 nitrogen and oxygen atoms in total. The number of likely N-dealkylation sites (N-methyl/N-ethyl adjacent to an activating group) is 1. The molecule has 1 aromatic carbocycles. The largest absolute Gasteiger partial charge is 0.494 e. The molecule has 0 atom stereocenters. The maximum Gasteiger partial charge on any atom is 0.249 e. The first-order valence-corrected chi connectivity index (χ1v) is 7.04. The number of benzene rings is 1. The first-order chi connectivity index (χ1) is 8.91. The molecule has 106 valence electrons. The number of hydrazine groups is 1. The fourth-order valence-electron chi connectivity index (χ4n) is 1.39. The lowest BCUT2D eigenvalue weighted by atomic mass is 10.3. The third-order valence-electron chi connectivity index (χ3n) is 2.37. The van der Waals surface area contributed by atoms with Gasteiger partial charge in [-0.25, -0.2) is 14.3 Å². The van der Waals surface area contributed by atoms with Crippen molar-refractivity contribution in [2.75, 3.05) is 20.2 Å². The molecule has 0 saturated carbocycles. The number of hydrogen-bond donors (Lipinski definition) is 2. The van der Waals surface area contributed by atoms with Crippen LogP contribution in [-0.4, -0.2) is 38.8 Å². The molecule has 0 fully saturated rings. The van der Waals surface area contributed by atoms with Crippen molar-refractivity contribution < 1.29 is 17.9 Å². The van der Waals surface area contributed by atoms with Gasteiger partial charge in [0.1, 0.15) is 5.75 Å². The molecule has 0 radical (unpaired) electrons. The summed E-state index contributed by atoms with van der Waals surface area (Å²) in [5.74, 6) is 4.92. The zero-order chi connectivity index (χ0) is 14.5. The van der Waals surface area contributed by atoms with Crippen LogP contribution < -0.4 is 16.0 Å². The zero-order valence-electron chi connectivity index (χ0n) is 10.8. The first kappa shape index (κ1) is 15.4. The molecule has 8 heteroatoms. The van der Waals surface area contributed by atoms with Crippen LogP contribution in [0.2, 0.25) is 0 Å². The molecule has 0 unspecified atom stereocenters. The van der Waals surface area contributed by atoms with Crippen molar-refractivity contribution in [2.45, 2.75) is 11.8 Å². The third kappa shape index (κ3) is 3.91. The number of nitrogens with zero attached hydrogens (tertiary/aromatic N) is 1. The van der Waals surface area contributed by atoms with Crippen LogP contribution in [0.25, 0.3) is 0 Å². The van der Waals surface area contributed by atoms with E-state index < -0.39 is 15.9 Å². The topological polar surface area (TPSA) is 102 Å². The molecular weight excluding hydrogens is 270 g/mol.